The van der Waals surface area contributed by atoms with E-state index >= 15 is 0 Å². The summed E-state index contributed by atoms with van der Waals surface area (Å²) in [6, 6.07) is 0.638. The molecule has 2 amide bonds. The number of nitrogens with one attached hydrogen (secondary N) is 2. The molecule has 0 aromatic heterocycles. The van der Waals surface area contributed by atoms with Crippen LogP contribution in [0.15, 0.2) is 0 Å². The summed E-state index contributed by atoms with van der Waals surface area (Å²) in [5, 5.41) is 16.0. The highest BCUT2D eigenvalue weighted by Gasteiger charge is 2.26. The molecule has 0 aromatic carbocycles. The molecular weight excluding hydrogens is 254 g/mol. The number of urea groups is 1. The van der Waals surface area contributed by atoms with Gasteiger partial charge in [0.15, 0.2) is 0 Å². The number of carbonyl (C=O) groups is 1. The molecule has 0 aliphatic heterocycles. The van der Waals surface area contributed by atoms with Crippen LogP contribution in [-0.4, -0.2) is 54.4 Å². The lowest BCUT2D eigenvalue weighted by atomic mass is 9.90. The Balaban J connectivity index is 2.35. The van der Waals surface area contributed by atoms with E-state index in [9.17, 15) is 9.90 Å². The van der Waals surface area contributed by atoms with E-state index in [1.54, 1.807) is 0 Å². The fourth-order valence-corrected chi connectivity index (χ4v) is 2.75. The third-order valence-electron chi connectivity index (χ3n) is 4.61. The Morgan fingerprint density at radius 2 is 1.95 bits per heavy atom. The summed E-state index contributed by atoms with van der Waals surface area (Å²) in [7, 11) is 4.19. The van der Waals surface area contributed by atoms with Crippen LogP contribution in [-0.2, 0) is 0 Å². The molecule has 1 saturated carbocycles. The van der Waals surface area contributed by atoms with Crippen LogP contribution in [0.1, 0.15) is 52.4 Å². The molecule has 0 bridgehead atoms. The van der Waals surface area contributed by atoms with Gasteiger partial charge in [0.25, 0.3) is 0 Å². The standard InChI is InChI=1S/C15H31N3O2/c1-5-15(20,6-2)11-16-14(19)17-12-8-7-9-13(10-12)18(3)4/h12-13,20H,5-11H2,1-4H3,(H2,16,17,19). The lowest BCUT2D eigenvalue weighted by Crippen LogP contribution is -2.50. The molecule has 0 aromatic rings. The molecule has 2 unspecified atom stereocenters. The Morgan fingerprint density at radius 1 is 1.30 bits per heavy atom. The molecule has 1 rings (SSSR count). The van der Waals surface area contributed by atoms with Crippen LogP contribution in [0.2, 0.25) is 0 Å². The van der Waals surface area contributed by atoms with Crippen molar-refractivity contribution < 1.29 is 9.90 Å². The van der Waals surface area contributed by atoms with Gasteiger partial charge in [-0.2, -0.15) is 0 Å². The monoisotopic (exact) mass is 285 g/mol. The highest BCUT2D eigenvalue weighted by atomic mass is 16.3. The highest BCUT2D eigenvalue weighted by molar-refractivity contribution is 5.74. The molecular formula is C15H31N3O2. The zero-order valence-electron chi connectivity index (χ0n) is 13.4. The van der Waals surface area contributed by atoms with Crippen molar-refractivity contribution in [2.75, 3.05) is 20.6 Å². The lowest BCUT2D eigenvalue weighted by molar-refractivity contribution is 0.0347. The molecule has 1 aliphatic rings. The molecule has 118 valence electrons. The molecule has 0 saturated heterocycles. The average molecular weight is 285 g/mol. The summed E-state index contributed by atoms with van der Waals surface area (Å²) in [6.07, 6.45) is 5.71. The first-order valence-corrected chi connectivity index (χ1v) is 7.83. The van der Waals surface area contributed by atoms with Crippen LogP contribution in [0, 0.1) is 0 Å². The van der Waals surface area contributed by atoms with Crippen molar-refractivity contribution in [1.29, 1.82) is 0 Å². The van der Waals surface area contributed by atoms with Crippen molar-refractivity contribution >= 4 is 6.03 Å². The minimum Gasteiger partial charge on any atom is -0.388 e. The fourth-order valence-electron chi connectivity index (χ4n) is 2.75. The number of carbonyl (C=O) groups excluding carboxylic acids is 1. The second-order valence-corrected chi connectivity index (χ2v) is 6.24. The first-order chi connectivity index (χ1) is 9.40. The first kappa shape index (κ1) is 17.2. The number of hydrogen-bond acceptors (Lipinski definition) is 3. The van der Waals surface area contributed by atoms with E-state index in [0.717, 1.165) is 19.3 Å². The minimum atomic E-state index is -0.782. The van der Waals surface area contributed by atoms with Gasteiger partial charge in [-0.05, 0) is 52.6 Å². The summed E-state index contributed by atoms with van der Waals surface area (Å²) in [6.45, 7) is 4.19. The lowest BCUT2D eigenvalue weighted by Gasteiger charge is -2.34. The number of rotatable bonds is 6. The summed E-state index contributed by atoms with van der Waals surface area (Å²) in [4.78, 5) is 14.2. The van der Waals surface area contributed by atoms with Crippen molar-refractivity contribution in [3.05, 3.63) is 0 Å². The Labute approximate surface area is 123 Å². The maximum atomic E-state index is 11.9. The molecule has 0 spiro atoms. The maximum Gasteiger partial charge on any atom is 0.315 e. The van der Waals surface area contributed by atoms with Crippen LogP contribution in [0.25, 0.3) is 0 Å². The molecule has 5 nitrogen and oxygen atoms in total. The minimum absolute atomic E-state index is 0.158. The number of amides is 2. The van der Waals surface area contributed by atoms with Crippen LogP contribution < -0.4 is 10.6 Å². The van der Waals surface area contributed by atoms with Gasteiger partial charge in [0.2, 0.25) is 0 Å². The molecule has 20 heavy (non-hydrogen) atoms. The van der Waals surface area contributed by atoms with Crippen LogP contribution in [0.4, 0.5) is 4.79 Å². The quantitative estimate of drug-likeness (QED) is 0.696. The zero-order chi connectivity index (χ0) is 15.2. The third-order valence-corrected chi connectivity index (χ3v) is 4.61. The number of nitrogens with zero attached hydrogens (tertiary/aromatic N) is 1. The second-order valence-electron chi connectivity index (χ2n) is 6.24. The Hall–Kier alpha value is -0.810. The molecule has 0 radical (unpaired) electrons. The second kappa shape index (κ2) is 7.84. The molecule has 2 atom stereocenters. The van der Waals surface area contributed by atoms with Gasteiger partial charge in [0, 0.05) is 18.6 Å². The van der Waals surface area contributed by atoms with E-state index in [1.807, 2.05) is 13.8 Å². The van der Waals surface area contributed by atoms with Crippen molar-refractivity contribution in [3.8, 4) is 0 Å². The first-order valence-electron chi connectivity index (χ1n) is 7.83. The van der Waals surface area contributed by atoms with Gasteiger partial charge in [-0.25, -0.2) is 4.79 Å². The average Bonchev–Trinajstić information content (AvgIpc) is 2.45. The summed E-state index contributed by atoms with van der Waals surface area (Å²) >= 11 is 0. The number of hydrogen-bond donors (Lipinski definition) is 3. The molecule has 0 heterocycles. The summed E-state index contributed by atoms with van der Waals surface area (Å²) < 4.78 is 0. The predicted octanol–water partition coefficient (Wildman–Crippen LogP) is 1.71. The predicted molar refractivity (Wildman–Crippen MR) is 81.8 cm³/mol. The Bertz CT molecular complexity index is 303. The molecule has 3 N–H and O–H groups in total. The summed E-state index contributed by atoms with van der Waals surface area (Å²) in [5.74, 6) is 0. The van der Waals surface area contributed by atoms with Crippen molar-refractivity contribution in [1.82, 2.24) is 15.5 Å². The highest BCUT2D eigenvalue weighted by Crippen LogP contribution is 2.21. The van der Waals surface area contributed by atoms with E-state index in [4.69, 9.17) is 0 Å². The largest absolute Gasteiger partial charge is 0.388 e. The summed E-state index contributed by atoms with van der Waals surface area (Å²) in [5.41, 5.74) is -0.782. The van der Waals surface area contributed by atoms with E-state index in [2.05, 4.69) is 29.6 Å². The zero-order valence-corrected chi connectivity index (χ0v) is 13.4. The molecule has 1 aliphatic carbocycles. The van der Waals surface area contributed by atoms with E-state index in [0.29, 0.717) is 25.4 Å². The topological polar surface area (TPSA) is 64.6 Å². The van der Waals surface area contributed by atoms with E-state index < -0.39 is 5.60 Å². The van der Waals surface area contributed by atoms with Gasteiger partial charge in [-0.1, -0.05) is 13.8 Å². The Morgan fingerprint density at radius 3 is 2.50 bits per heavy atom. The van der Waals surface area contributed by atoms with Crippen molar-refractivity contribution in [2.24, 2.45) is 0 Å². The van der Waals surface area contributed by atoms with E-state index in [1.165, 1.54) is 6.42 Å². The normalized spacial score (nSPS) is 23.7. The smallest absolute Gasteiger partial charge is 0.315 e. The van der Waals surface area contributed by atoms with Gasteiger partial charge >= 0.3 is 6.03 Å². The molecule has 1 fully saturated rings. The van der Waals surface area contributed by atoms with Gasteiger partial charge in [-0.3, -0.25) is 0 Å². The third kappa shape index (κ3) is 5.29. The van der Waals surface area contributed by atoms with Crippen molar-refractivity contribution in [2.45, 2.75) is 70.1 Å². The van der Waals surface area contributed by atoms with Crippen LogP contribution in [0.3, 0.4) is 0 Å². The van der Waals surface area contributed by atoms with Crippen LogP contribution >= 0.6 is 0 Å². The fraction of sp³-hybridized carbons (Fsp3) is 0.933. The van der Waals surface area contributed by atoms with Gasteiger partial charge in [0.1, 0.15) is 0 Å². The maximum absolute atomic E-state index is 11.9. The van der Waals surface area contributed by atoms with Gasteiger partial charge in [-0.15, -0.1) is 0 Å². The Kier molecular flexibility index (Phi) is 6.76. The van der Waals surface area contributed by atoms with Gasteiger partial charge < -0.3 is 20.6 Å². The SMILES string of the molecule is CCC(O)(CC)CNC(=O)NC1CCCC(N(C)C)C1. The van der Waals surface area contributed by atoms with Crippen molar-refractivity contribution in [3.63, 3.8) is 0 Å². The number of aliphatic hydroxyl groups is 1. The van der Waals surface area contributed by atoms with Gasteiger partial charge in [0.05, 0.1) is 5.60 Å². The molecule has 5 heteroatoms. The van der Waals surface area contributed by atoms with Crippen LogP contribution in [0.5, 0.6) is 0 Å². The van der Waals surface area contributed by atoms with E-state index in [-0.39, 0.29) is 12.1 Å².